The molecular weight excluding hydrogens is 446 g/mol. The first kappa shape index (κ1) is 24.0. The maximum absolute atomic E-state index is 13.1. The highest BCUT2D eigenvalue weighted by Crippen LogP contribution is 2.23. The molecule has 0 saturated heterocycles. The molecule has 0 fully saturated rings. The molecule has 7 heteroatoms. The number of anilines is 1. The van der Waals surface area contributed by atoms with E-state index in [9.17, 15) is 13.2 Å². The van der Waals surface area contributed by atoms with Gasteiger partial charge in [0, 0.05) is 38.3 Å². The van der Waals surface area contributed by atoms with Crippen molar-refractivity contribution < 1.29 is 13.2 Å². The van der Waals surface area contributed by atoms with E-state index in [-0.39, 0.29) is 16.8 Å². The van der Waals surface area contributed by atoms with Crippen LogP contribution in [0.4, 0.5) is 5.69 Å². The minimum atomic E-state index is -3.78. The molecule has 1 heterocycles. The second-order valence-electron chi connectivity index (χ2n) is 8.60. The molecule has 178 valence electrons. The summed E-state index contributed by atoms with van der Waals surface area (Å²) < 4.78 is 27.5. The third kappa shape index (κ3) is 5.16. The van der Waals surface area contributed by atoms with Crippen molar-refractivity contribution in [2.75, 3.05) is 24.4 Å². The largest absolute Gasteiger partial charge is 0.350 e. The topological polar surface area (TPSA) is 69.7 Å². The summed E-state index contributed by atoms with van der Waals surface area (Å²) in [5.74, 6) is -0.268. The number of hydrogen-bond acceptors (Lipinski definition) is 4. The smallest absolute Gasteiger partial charge is 0.264 e. The minimum absolute atomic E-state index is 0.0891. The quantitative estimate of drug-likeness (QED) is 0.531. The van der Waals surface area contributed by atoms with Gasteiger partial charge in [-0.2, -0.15) is 0 Å². The summed E-state index contributed by atoms with van der Waals surface area (Å²) in [6, 6.07) is 23.8. The van der Waals surface area contributed by atoms with E-state index in [2.05, 4.69) is 41.4 Å². The van der Waals surface area contributed by atoms with Crippen LogP contribution in [0.1, 0.15) is 34.8 Å². The van der Waals surface area contributed by atoms with Crippen LogP contribution in [0.3, 0.4) is 0 Å². The molecular formula is C27H31N3O3S. The van der Waals surface area contributed by atoms with Crippen LogP contribution in [0.15, 0.2) is 83.8 Å². The highest BCUT2D eigenvalue weighted by atomic mass is 32.2. The van der Waals surface area contributed by atoms with Gasteiger partial charge in [-0.1, -0.05) is 55.5 Å². The lowest BCUT2D eigenvalue weighted by atomic mass is 9.98. The Morgan fingerprint density at radius 3 is 2.44 bits per heavy atom. The molecule has 0 saturated carbocycles. The Morgan fingerprint density at radius 1 is 1.00 bits per heavy atom. The van der Waals surface area contributed by atoms with Crippen LogP contribution in [-0.2, 0) is 23.0 Å². The maximum Gasteiger partial charge on any atom is 0.264 e. The van der Waals surface area contributed by atoms with E-state index in [0.717, 1.165) is 25.9 Å². The van der Waals surface area contributed by atoms with Crippen LogP contribution < -0.4 is 9.62 Å². The van der Waals surface area contributed by atoms with E-state index < -0.39 is 10.0 Å². The van der Waals surface area contributed by atoms with Gasteiger partial charge in [0.15, 0.2) is 0 Å². The molecule has 0 bridgehead atoms. The van der Waals surface area contributed by atoms with Gasteiger partial charge in [0.05, 0.1) is 10.6 Å². The first-order chi connectivity index (χ1) is 16.4. The summed E-state index contributed by atoms with van der Waals surface area (Å²) in [6.45, 7) is 4.48. The molecule has 1 aliphatic heterocycles. The number of para-hydroxylation sites is 1. The molecule has 3 aromatic rings. The van der Waals surface area contributed by atoms with E-state index in [1.54, 1.807) is 36.4 Å². The lowest BCUT2D eigenvalue weighted by Crippen LogP contribution is -2.45. The summed E-state index contributed by atoms with van der Waals surface area (Å²) in [7, 11) is -2.27. The average molecular weight is 478 g/mol. The van der Waals surface area contributed by atoms with E-state index in [0.29, 0.717) is 17.8 Å². The fourth-order valence-electron chi connectivity index (χ4n) is 4.41. The predicted octanol–water partition coefficient (Wildman–Crippen LogP) is 4.08. The molecule has 1 amide bonds. The molecule has 34 heavy (non-hydrogen) atoms. The van der Waals surface area contributed by atoms with Gasteiger partial charge < -0.3 is 5.32 Å². The summed E-state index contributed by atoms with van der Waals surface area (Å²) in [6.07, 6.45) is 1.92. The van der Waals surface area contributed by atoms with Gasteiger partial charge >= 0.3 is 0 Å². The zero-order valence-corrected chi connectivity index (χ0v) is 20.5. The third-order valence-corrected chi connectivity index (χ3v) is 8.30. The Kier molecular flexibility index (Phi) is 7.34. The number of hydrogen-bond donors (Lipinski definition) is 1. The number of nitrogens with zero attached hydrogens (tertiary/aromatic N) is 2. The molecule has 6 nitrogen and oxygen atoms in total. The van der Waals surface area contributed by atoms with Gasteiger partial charge in [0.25, 0.3) is 15.9 Å². The minimum Gasteiger partial charge on any atom is -0.350 e. The Balaban J connectivity index is 1.43. The van der Waals surface area contributed by atoms with E-state index in [1.165, 1.54) is 34.6 Å². The molecule has 0 aromatic heterocycles. The lowest BCUT2D eigenvalue weighted by molar-refractivity contribution is 0.0926. The molecule has 0 spiro atoms. The number of amides is 1. The number of carbonyl (C=O) groups excluding carboxylic acids is 1. The third-order valence-electron chi connectivity index (χ3n) is 6.52. The second-order valence-corrected chi connectivity index (χ2v) is 10.6. The molecule has 1 unspecified atom stereocenters. The lowest BCUT2D eigenvalue weighted by Gasteiger charge is -2.35. The fraction of sp³-hybridized carbons (Fsp3) is 0.296. The zero-order chi connectivity index (χ0) is 24.1. The van der Waals surface area contributed by atoms with Crippen molar-refractivity contribution in [3.05, 3.63) is 95.6 Å². The highest BCUT2D eigenvalue weighted by molar-refractivity contribution is 7.92. The van der Waals surface area contributed by atoms with Gasteiger partial charge in [-0.3, -0.25) is 14.0 Å². The normalized spacial score (nSPS) is 14.8. The molecule has 1 N–H and O–H groups in total. The van der Waals surface area contributed by atoms with Crippen molar-refractivity contribution >= 4 is 21.6 Å². The van der Waals surface area contributed by atoms with Crippen molar-refractivity contribution in [1.29, 1.82) is 0 Å². The molecule has 4 rings (SSSR count). The van der Waals surface area contributed by atoms with Crippen molar-refractivity contribution in [3.63, 3.8) is 0 Å². The monoisotopic (exact) mass is 477 g/mol. The number of rotatable bonds is 8. The number of sulfonamides is 1. The summed E-state index contributed by atoms with van der Waals surface area (Å²) in [5.41, 5.74) is 3.64. The van der Waals surface area contributed by atoms with E-state index in [1.807, 2.05) is 6.07 Å². The van der Waals surface area contributed by atoms with E-state index >= 15 is 0 Å². The Morgan fingerprint density at radius 2 is 1.71 bits per heavy atom. The van der Waals surface area contributed by atoms with Gasteiger partial charge in [0.1, 0.15) is 0 Å². The van der Waals surface area contributed by atoms with Crippen LogP contribution in [-0.4, -0.2) is 45.4 Å². The fourth-order valence-corrected chi connectivity index (χ4v) is 5.65. The molecule has 1 aliphatic rings. The predicted molar refractivity (Wildman–Crippen MR) is 135 cm³/mol. The van der Waals surface area contributed by atoms with Crippen molar-refractivity contribution in [2.24, 2.45) is 0 Å². The van der Waals surface area contributed by atoms with Crippen LogP contribution >= 0.6 is 0 Å². The maximum atomic E-state index is 13.1. The van der Waals surface area contributed by atoms with Gasteiger partial charge in [-0.05, 0) is 54.3 Å². The van der Waals surface area contributed by atoms with Gasteiger partial charge in [-0.15, -0.1) is 0 Å². The summed E-state index contributed by atoms with van der Waals surface area (Å²) in [4.78, 5) is 15.4. The number of benzene rings is 3. The van der Waals surface area contributed by atoms with Crippen LogP contribution in [0.2, 0.25) is 0 Å². The van der Waals surface area contributed by atoms with Crippen molar-refractivity contribution in [2.45, 2.75) is 37.2 Å². The summed E-state index contributed by atoms with van der Waals surface area (Å²) in [5, 5.41) is 3.02. The highest BCUT2D eigenvalue weighted by Gasteiger charge is 2.24. The van der Waals surface area contributed by atoms with Crippen molar-refractivity contribution in [1.82, 2.24) is 10.2 Å². The van der Waals surface area contributed by atoms with Crippen LogP contribution in [0.5, 0.6) is 0 Å². The first-order valence-corrected chi connectivity index (χ1v) is 13.1. The Labute approximate surface area is 202 Å². The molecule has 1 atom stereocenters. The second kappa shape index (κ2) is 10.4. The molecule has 3 aromatic carbocycles. The molecule has 0 radical (unpaired) electrons. The Hall–Kier alpha value is -3.16. The summed E-state index contributed by atoms with van der Waals surface area (Å²) >= 11 is 0. The van der Waals surface area contributed by atoms with Crippen LogP contribution in [0.25, 0.3) is 0 Å². The number of fused-ring (bicyclic) bond motifs is 1. The van der Waals surface area contributed by atoms with E-state index in [4.69, 9.17) is 0 Å². The van der Waals surface area contributed by atoms with Gasteiger partial charge in [-0.25, -0.2) is 8.42 Å². The Bertz CT molecular complexity index is 1240. The average Bonchev–Trinajstić information content (AvgIpc) is 2.89. The number of nitrogens with one attached hydrogen (secondary N) is 1. The first-order valence-electron chi connectivity index (χ1n) is 11.6. The SMILES string of the molecule is CCC(CNC(=O)c1cccc(S(=O)(=O)N(C)c2ccccc2)c1)N1CCc2ccccc2C1. The molecule has 0 aliphatic carbocycles. The standard InChI is InChI=1S/C27H31N3O3S/c1-3-24(30-17-16-21-10-7-8-11-23(21)20-30)19-28-27(31)22-12-9-15-26(18-22)34(32,33)29(2)25-13-5-4-6-14-25/h4-15,18,24H,3,16-17,19-20H2,1-2H3,(H,28,31). The number of carbonyl (C=O) groups is 1. The van der Waals surface area contributed by atoms with Crippen LogP contribution in [0, 0.1) is 0 Å². The van der Waals surface area contributed by atoms with Gasteiger partial charge in [0.2, 0.25) is 0 Å². The van der Waals surface area contributed by atoms with Crippen molar-refractivity contribution in [3.8, 4) is 0 Å². The zero-order valence-electron chi connectivity index (χ0n) is 19.6.